The predicted molar refractivity (Wildman–Crippen MR) is 72.8 cm³/mol. The molecule has 0 bridgehead atoms. The fourth-order valence-electron chi connectivity index (χ4n) is 2.10. The van der Waals surface area contributed by atoms with Crippen molar-refractivity contribution in [2.45, 2.75) is 6.61 Å². The van der Waals surface area contributed by atoms with Gasteiger partial charge in [0.1, 0.15) is 6.61 Å². The molecule has 1 atom stereocenters. The quantitative estimate of drug-likeness (QED) is 0.625. The molecule has 0 aromatic heterocycles. The number of hydrogen-bond acceptors (Lipinski definition) is 4. The average Bonchev–Trinajstić information content (AvgIpc) is 2.87. The van der Waals surface area contributed by atoms with Gasteiger partial charge in [0.25, 0.3) is 0 Å². The highest BCUT2D eigenvalue weighted by Crippen LogP contribution is 2.23. The third-order valence-corrected chi connectivity index (χ3v) is 3.24. The first-order chi connectivity index (χ1) is 9.61. The second kappa shape index (κ2) is 6.23. The second-order valence-electron chi connectivity index (χ2n) is 4.65. The maximum atomic E-state index is 11.9. The molecular weight excluding hydrogens is 258 g/mol. The lowest BCUT2D eigenvalue weighted by atomic mass is 10.1. The summed E-state index contributed by atoms with van der Waals surface area (Å²) in [7, 11) is 1.33. The molecule has 1 saturated heterocycles. The molecule has 0 aliphatic carbocycles. The Kier molecular flexibility index (Phi) is 4.40. The highest BCUT2D eigenvalue weighted by Gasteiger charge is 2.35. The van der Waals surface area contributed by atoms with Gasteiger partial charge in [-0.1, -0.05) is 36.9 Å². The van der Waals surface area contributed by atoms with Crippen LogP contribution in [0.1, 0.15) is 5.56 Å². The molecule has 0 unspecified atom stereocenters. The van der Waals surface area contributed by atoms with Gasteiger partial charge in [-0.3, -0.25) is 4.79 Å². The molecule has 2 rings (SSSR count). The van der Waals surface area contributed by atoms with Crippen LogP contribution in [0.15, 0.2) is 42.5 Å². The largest absolute Gasteiger partial charge is 0.469 e. The Bertz CT molecular complexity index is 512. The number of carbonyl (C=O) groups excluding carboxylic acids is 2. The minimum atomic E-state index is -0.454. The van der Waals surface area contributed by atoms with Crippen molar-refractivity contribution in [2.75, 3.05) is 20.2 Å². The minimum absolute atomic E-state index is 0.214. The molecule has 1 heterocycles. The van der Waals surface area contributed by atoms with E-state index in [2.05, 4.69) is 11.3 Å². The van der Waals surface area contributed by atoms with Gasteiger partial charge >= 0.3 is 12.1 Å². The molecule has 106 valence electrons. The Morgan fingerprint density at radius 1 is 1.35 bits per heavy atom. The molecule has 5 heteroatoms. The number of nitrogens with zero attached hydrogens (tertiary/aromatic N) is 1. The van der Waals surface area contributed by atoms with Crippen LogP contribution in [-0.2, 0) is 20.9 Å². The zero-order valence-electron chi connectivity index (χ0n) is 11.4. The Labute approximate surface area is 117 Å². The molecule has 0 N–H and O–H groups in total. The Morgan fingerprint density at radius 3 is 2.70 bits per heavy atom. The fraction of sp³-hybridized carbons (Fsp3) is 0.333. The maximum absolute atomic E-state index is 11.9. The summed E-state index contributed by atoms with van der Waals surface area (Å²) in [4.78, 5) is 24.9. The van der Waals surface area contributed by atoms with Crippen molar-refractivity contribution in [1.29, 1.82) is 0 Å². The number of esters is 1. The number of methoxy groups -OCH3 is 1. The lowest BCUT2D eigenvalue weighted by Crippen LogP contribution is -2.30. The van der Waals surface area contributed by atoms with Crippen LogP contribution in [0.5, 0.6) is 0 Å². The van der Waals surface area contributed by atoms with E-state index < -0.39 is 12.0 Å². The molecule has 5 nitrogen and oxygen atoms in total. The molecule has 0 spiro atoms. The van der Waals surface area contributed by atoms with Gasteiger partial charge in [0.05, 0.1) is 13.0 Å². The van der Waals surface area contributed by atoms with E-state index in [-0.39, 0.29) is 19.1 Å². The van der Waals surface area contributed by atoms with Gasteiger partial charge in [-0.2, -0.15) is 0 Å². The topological polar surface area (TPSA) is 55.8 Å². The van der Waals surface area contributed by atoms with Crippen molar-refractivity contribution in [2.24, 2.45) is 5.92 Å². The van der Waals surface area contributed by atoms with Crippen LogP contribution in [0.4, 0.5) is 4.79 Å². The van der Waals surface area contributed by atoms with Gasteiger partial charge in [0.15, 0.2) is 0 Å². The van der Waals surface area contributed by atoms with Crippen LogP contribution in [-0.4, -0.2) is 37.2 Å². The maximum Gasteiger partial charge on any atom is 0.410 e. The second-order valence-corrected chi connectivity index (χ2v) is 4.65. The molecule has 1 aromatic carbocycles. The van der Waals surface area contributed by atoms with E-state index >= 15 is 0 Å². The van der Waals surface area contributed by atoms with Crippen molar-refractivity contribution in [3.63, 3.8) is 0 Å². The standard InChI is InChI=1S/C15H17NO4/c1-11-8-16(9-13(11)14(17)19-2)15(18)20-10-12-6-4-3-5-7-12/h3-7,13H,1,8-10H2,2H3/t13-/m0/s1. The normalized spacial score (nSPS) is 17.9. The number of hydrogen-bond donors (Lipinski definition) is 0. The van der Waals surface area contributed by atoms with E-state index in [9.17, 15) is 9.59 Å². The smallest absolute Gasteiger partial charge is 0.410 e. The molecular formula is C15H17NO4. The van der Waals surface area contributed by atoms with Gasteiger partial charge < -0.3 is 14.4 Å². The minimum Gasteiger partial charge on any atom is -0.469 e. The number of amides is 1. The monoisotopic (exact) mass is 275 g/mol. The van der Waals surface area contributed by atoms with Gasteiger partial charge in [0, 0.05) is 13.1 Å². The molecule has 0 saturated carbocycles. The van der Waals surface area contributed by atoms with Gasteiger partial charge in [-0.25, -0.2) is 4.79 Å². The lowest BCUT2D eigenvalue weighted by molar-refractivity contribution is -0.143. The summed E-state index contributed by atoms with van der Waals surface area (Å²) in [6, 6.07) is 9.43. The van der Waals surface area contributed by atoms with E-state index in [0.717, 1.165) is 5.56 Å². The molecule has 1 aromatic rings. The average molecular weight is 275 g/mol. The van der Waals surface area contributed by atoms with E-state index in [4.69, 9.17) is 4.74 Å². The Balaban J connectivity index is 1.88. The van der Waals surface area contributed by atoms with Crippen LogP contribution < -0.4 is 0 Å². The van der Waals surface area contributed by atoms with Crippen molar-refractivity contribution in [1.82, 2.24) is 4.90 Å². The highest BCUT2D eigenvalue weighted by molar-refractivity contribution is 5.79. The Hall–Kier alpha value is -2.30. The third kappa shape index (κ3) is 3.17. The first-order valence-corrected chi connectivity index (χ1v) is 6.33. The zero-order chi connectivity index (χ0) is 14.5. The first kappa shape index (κ1) is 14.1. The number of likely N-dealkylation sites (tertiary alicyclic amines) is 1. The lowest BCUT2D eigenvalue weighted by Gasteiger charge is -2.15. The number of benzene rings is 1. The van der Waals surface area contributed by atoms with E-state index in [1.54, 1.807) is 0 Å². The van der Waals surface area contributed by atoms with Crippen molar-refractivity contribution < 1.29 is 19.1 Å². The molecule has 1 aliphatic rings. The molecule has 1 fully saturated rings. The number of carbonyl (C=O) groups is 2. The number of rotatable bonds is 3. The van der Waals surface area contributed by atoms with Crippen LogP contribution in [0, 0.1) is 5.92 Å². The van der Waals surface area contributed by atoms with Crippen LogP contribution in [0.3, 0.4) is 0 Å². The summed E-state index contributed by atoms with van der Waals surface area (Å²) in [6.45, 7) is 4.61. The van der Waals surface area contributed by atoms with E-state index in [1.165, 1.54) is 12.0 Å². The van der Waals surface area contributed by atoms with Gasteiger partial charge in [-0.05, 0) is 11.1 Å². The summed E-state index contributed by atoms with van der Waals surface area (Å²) in [5, 5.41) is 0. The molecule has 1 amide bonds. The predicted octanol–water partition coefficient (Wildman–Crippen LogP) is 1.98. The summed E-state index contributed by atoms with van der Waals surface area (Å²) in [5.41, 5.74) is 1.59. The first-order valence-electron chi connectivity index (χ1n) is 6.33. The highest BCUT2D eigenvalue weighted by atomic mass is 16.6. The van der Waals surface area contributed by atoms with E-state index in [1.807, 2.05) is 30.3 Å². The van der Waals surface area contributed by atoms with Gasteiger partial charge in [0.2, 0.25) is 0 Å². The van der Waals surface area contributed by atoms with Crippen LogP contribution >= 0.6 is 0 Å². The number of ether oxygens (including phenoxy) is 2. The summed E-state index contributed by atoms with van der Waals surface area (Å²) >= 11 is 0. The third-order valence-electron chi connectivity index (χ3n) is 3.24. The SMILES string of the molecule is C=C1CN(C(=O)OCc2ccccc2)C[C@@H]1C(=O)OC. The van der Waals surface area contributed by atoms with Crippen molar-refractivity contribution >= 4 is 12.1 Å². The van der Waals surface area contributed by atoms with Crippen LogP contribution in [0.25, 0.3) is 0 Å². The van der Waals surface area contributed by atoms with Crippen molar-refractivity contribution in [3.05, 3.63) is 48.0 Å². The summed E-state index contributed by atoms with van der Waals surface area (Å²) in [6.07, 6.45) is -0.443. The summed E-state index contributed by atoms with van der Waals surface area (Å²) < 4.78 is 9.90. The zero-order valence-corrected chi connectivity index (χ0v) is 11.4. The molecule has 20 heavy (non-hydrogen) atoms. The van der Waals surface area contributed by atoms with E-state index in [0.29, 0.717) is 12.1 Å². The molecule has 0 radical (unpaired) electrons. The van der Waals surface area contributed by atoms with Crippen molar-refractivity contribution in [3.8, 4) is 0 Å². The molecule has 1 aliphatic heterocycles. The van der Waals surface area contributed by atoms with Gasteiger partial charge in [-0.15, -0.1) is 0 Å². The Morgan fingerprint density at radius 2 is 2.05 bits per heavy atom. The fourth-order valence-corrected chi connectivity index (χ4v) is 2.10. The van der Waals surface area contributed by atoms with Crippen LogP contribution in [0.2, 0.25) is 0 Å². The summed E-state index contributed by atoms with van der Waals surface area (Å²) in [5.74, 6) is -0.822.